The number of phenols is 1. The summed E-state index contributed by atoms with van der Waals surface area (Å²) >= 11 is 0. The summed E-state index contributed by atoms with van der Waals surface area (Å²) in [4.78, 5) is 10.6. The van der Waals surface area contributed by atoms with E-state index in [2.05, 4.69) is 5.32 Å². The van der Waals surface area contributed by atoms with Gasteiger partial charge in [-0.1, -0.05) is 19.9 Å². The first-order valence-corrected chi connectivity index (χ1v) is 4.79. The van der Waals surface area contributed by atoms with Gasteiger partial charge in [0.05, 0.1) is 5.56 Å². The molecule has 4 nitrogen and oxygen atoms in total. The number of phenolic OH excluding ortho intramolecular Hbond substituents is 1. The van der Waals surface area contributed by atoms with E-state index in [-0.39, 0.29) is 11.3 Å². The van der Waals surface area contributed by atoms with Gasteiger partial charge in [-0.3, -0.25) is 0 Å². The van der Waals surface area contributed by atoms with Crippen LogP contribution >= 0.6 is 0 Å². The Morgan fingerprint density at radius 2 is 2.13 bits per heavy atom. The molecule has 0 bridgehead atoms. The third-order valence-corrected chi connectivity index (χ3v) is 2.03. The number of carboxylic acid groups (broad SMARTS) is 1. The maximum Gasteiger partial charge on any atom is 0.335 e. The number of carbonyl (C=O) groups is 1. The van der Waals surface area contributed by atoms with Crippen molar-refractivity contribution in [3.63, 3.8) is 0 Å². The first kappa shape index (κ1) is 11.5. The molecule has 3 N–H and O–H groups in total. The normalized spacial score (nSPS) is 10.6. The number of nitrogens with one attached hydrogen (secondary N) is 1. The van der Waals surface area contributed by atoms with Crippen LogP contribution in [0, 0.1) is 0 Å². The van der Waals surface area contributed by atoms with Gasteiger partial charge < -0.3 is 15.5 Å². The fraction of sp³-hybridized carbons (Fsp3) is 0.364. The van der Waals surface area contributed by atoms with Crippen molar-refractivity contribution in [1.29, 1.82) is 0 Å². The van der Waals surface area contributed by atoms with Crippen LogP contribution in [0.5, 0.6) is 5.75 Å². The third kappa shape index (κ3) is 3.25. The minimum absolute atomic E-state index is 0.0167. The topological polar surface area (TPSA) is 69.6 Å². The molecule has 0 amide bonds. The monoisotopic (exact) mass is 209 g/mol. The van der Waals surface area contributed by atoms with Crippen LogP contribution in [0.1, 0.15) is 29.8 Å². The van der Waals surface area contributed by atoms with Gasteiger partial charge in [0, 0.05) is 18.2 Å². The number of carboxylic acids is 1. The lowest BCUT2D eigenvalue weighted by Gasteiger charge is -2.09. The quantitative estimate of drug-likeness (QED) is 0.704. The Morgan fingerprint density at radius 1 is 1.47 bits per heavy atom. The molecule has 0 aliphatic rings. The van der Waals surface area contributed by atoms with Crippen molar-refractivity contribution in [2.24, 2.45) is 0 Å². The van der Waals surface area contributed by atoms with Crippen LogP contribution in [0.3, 0.4) is 0 Å². The second-order valence-corrected chi connectivity index (χ2v) is 3.68. The predicted molar refractivity (Wildman–Crippen MR) is 57.0 cm³/mol. The summed E-state index contributed by atoms with van der Waals surface area (Å²) in [5.74, 6) is -1.02. The molecule has 4 heteroatoms. The second kappa shape index (κ2) is 4.79. The number of aromatic carboxylic acids is 1. The molecule has 82 valence electrons. The summed E-state index contributed by atoms with van der Waals surface area (Å²) < 4.78 is 0. The minimum Gasteiger partial charge on any atom is -0.508 e. The molecule has 0 aliphatic carbocycles. The highest BCUT2D eigenvalue weighted by molar-refractivity contribution is 5.88. The van der Waals surface area contributed by atoms with Gasteiger partial charge in [-0.2, -0.15) is 0 Å². The maximum atomic E-state index is 10.6. The molecule has 15 heavy (non-hydrogen) atoms. The fourth-order valence-electron chi connectivity index (χ4n) is 1.16. The zero-order valence-corrected chi connectivity index (χ0v) is 8.82. The zero-order chi connectivity index (χ0) is 11.4. The molecule has 1 aromatic rings. The SMILES string of the molecule is CC(C)NCc1ccc(C(=O)O)cc1O. The van der Waals surface area contributed by atoms with Crippen molar-refractivity contribution in [1.82, 2.24) is 5.32 Å². The van der Waals surface area contributed by atoms with Gasteiger partial charge in [-0.15, -0.1) is 0 Å². The summed E-state index contributed by atoms with van der Waals surface area (Å²) in [7, 11) is 0. The molecule has 0 saturated heterocycles. The smallest absolute Gasteiger partial charge is 0.335 e. The van der Waals surface area contributed by atoms with Gasteiger partial charge in [0.1, 0.15) is 5.75 Å². The Kier molecular flexibility index (Phi) is 3.68. The highest BCUT2D eigenvalue weighted by atomic mass is 16.4. The highest BCUT2D eigenvalue weighted by Gasteiger charge is 2.07. The second-order valence-electron chi connectivity index (χ2n) is 3.68. The number of hydrogen-bond donors (Lipinski definition) is 3. The summed E-state index contributed by atoms with van der Waals surface area (Å²) in [6.07, 6.45) is 0. The molecule has 0 aromatic heterocycles. The van der Waals surface area contributed by atoms with Crippen LogP contribution in [0.15, 0.2) is 18.2 Å². The third-order valence-electron chi connectivity index (χ3n) is 2.03. The van der Waals surface area contributed by atoms with Crippen molar-refractivity contribution in [2.45, 2.75) is 26.4 Å². The van der Waals surface area contributed by atoms with Crippen LogP contribution < -0.4 is 5.32 Å². The molecule has 0 saturated carbocycles. The summed E-state index contributed by atoms with van der Waals surface area (Å²) in [6.45, 7) is 4.54. The van der Waals surface area contributed by atoms with Gasteiger partial charge in [-0.25, -0.2) is 4.79 Å². The van der Waals surface area contributed by atoms with Crippen LogP contribution in [0.25, 0.3) is 0 Å². The van der Waals surface area contributed by atoms with E-state index in [4.69, 9.17) is 5.11 Å². The molecule has 0 unspecified atom stereocenters. The molecule has 0 aliphatic heterocycles. The Balaban J connectivity index is 2.79. The molecule has 1 aromatic carbocycles. The Morgan fingerprint density at radius 3 is 2.60 bits per heavy atom. The summed E-state index contributed by atoms with van der Waals surface area (Å²) in [5, 5.41) is 21.4. The van der Waals surface area contributed by atoms with Crippen molar-refractivity contribution in [3.05, 3.63) is 29.3 Å². The zero-order valence-electron chi connectivity index (χ0n) is 8.82. The van der Waals surface area contributed by atoms with Gasteiger partial charge in [0.2, 0.25) is 0 Å². The first-order chi connectivity index (χ1) is 7.00. The Hall–Kier alpha value is -1.55. The van der Waals surface area contributed by atoms with Gasteiger partial charge in [0.25, 0.3) is 0 Å². The summed E-state index contributed by atoms with van der Waals surface area (Å²) in [6, 6.07) is 4.69. The van der Waals surface area contributed by atoms with Crippen molar-refractivity contribution in [3.8, 4) is 5.75 Å². The Bertz CT molecular complexity index is 361. The van der Waals surface area contributed by atoms with Crippen LogP contribution in [-0.4, -0.2) is 22.2 Å². The van der Waals surface area contributed by atoms with E-state index in [1.165, 1.54) is 12.1 Å². The van der Waals surface area contributed by atoms with Crippen molar-refractivity contribution < 1.29 is 15.0 Å². The van der Waals surface area contributed by atoms with Gasteiger partial charge in [-0.05, 0) is 12.1 Å². The average molecular weight is 209 g/mol. The van der Waals surface area contributed by atoms with Gasteiger partial charge >= 0.3 is 5.97 Å². The molecular formula is C11H15NO3. The molecule has 0 fully saturated rings. The average Bonchev–Trinajstić information content (AvgIpc) is 2.15. The van der Waals surface area contributed by atoms with Crippen LogP contribution in [0.4, 0.5) is 0 Å². The van der Waals surface area contributed by atoms with E-state index in [1.54, 1.807) is 6.07 Å². The minimum atomic E-state index is -1.03. The molecular weight excluding hydrogens is 194 g/mol. The largest absolute Gasteiger partial charge is 0.508 e. The number of hydrogen-bond acceptors (Lipinski definition) is 3. The molecule has 0 atom stereocenters. The van der Waals surface area contributed by atoms with E-state index >= 15 is 0 Å². The number of benzene rings is 1. The predicted octanol–water partition coefficient (Wildman–Crippen LogP) is 1.59. The number of aromatic hydroxyl groups is 1. The molecule has 0 spiro atoms. The van der Waals surface area contributed by atoms with Crippen molar-refractivity contribution in [2.75, 3.05) is 0 Å². The van der Waals surface area contributed by atoms with E-state index < -0.39 is 5.97 Å². The van der Waals surface area contributed by atoms with Crippen molar-refractivity contribution >= 4 is 5.97 Å². The highest BCUT2D eigenvalue weighted by Crippen LogP contribution is 2.18. The Labute approximate surface area is 88.6 Å². The molecule has 0 radical (unpaired) electrons. The molecule has 1 rings (SSSR count). The van der Waals surface area contributed by atoms with E-state index in [0.29, 0.717) is 18.2 Å². The lowest BCUT2D eigenvalue weighted by atomic mass is 10.1. The lowest BCUT2D eigenvalue weighted by molar-refractivity contribution is 0.0696. The van der Waals surface area contributed by atoms with Crippen LogP contribution in [0.2, 0.25) is 0 Å². The maximum absolute atomic E-state index is 10.6. The van der Waals surface area contributed by atoms with Gasteiger partial charge in [0.15, 0.2) is 0 Å². The van der Waals surface area contributed by atoms with Crippen LogP contribution in [-0.2, 0) is 6.54 Å². The fourth-order valence-corrected chi connectivity index (χ4v) is 1.16. The summed E-state index contributed by atoms with van der Waals surface area (Å²) in [5.41, 5.74) is 0.800. The molecule has 0 heterocycles. The first-order valence-electron chi connectivity index (χ1n) is 4.79. The van der Waals surface area contributed by atoms with E-state index in [9.17, 15) is 9.90 Å². The number of rotatable bonds is 4. The van der Waals surface area contributed by atoms with E-state index in [0.717, 1.165) is 0 Å². The lowest BCUT2D eigenvalue weighted by Crippen LogP contribution is -2.21. The van der Waals surface area contributed by atoms with E-state index in [1.807, 2.05) is 13.8 Å². The standard InChI is InChI=1S/C11H15NO3/c1-7(2)12-6-9-4-3-8(11(14)15)5-10(9)13/h3-5,7,12-13H,6H2,1-2H3,(H,14,15).